The molecular weight excluding hydrogens is 224 g/mol. The molecule has 2 aromatic rings. The van der Waals surface area contributed by atoms with Gasteiger partial charge in [0, 0.05) is 18.2 Å². The molecule has 0 unspecified atom stereocenters. The van der Waals surface area contributed by atoms with E-state index < -0.39 is 0 Å². The van der Waals surface area contributed by atoms with Crippen molar-refractivity contribution in [1.29, 1.82) is 0 Å². The van der Waals surface area contributed by atoms with Crippen LogP contribution in [0.2, 0.25) is 5.02 Å². The normalized spacial score (nSPS) is 10.4. The molecule has 0 amide bonds. The lowest BCUT2D eigenvalue weighted by Gasteiger charge is -2.06. The van der Waals surface area contributed by atoms with Crippen LogP contribution in [0.15, 0.2) is 41.2 Å². The Kier molecular flexibility index (Phi) is 3.06. The Hall–Kier alpha value is -1.61. The van der Waals surface area contributed by atoms with E-state index in [1.54, 1.807) is 0 Å². The second kappa shape index (κ2) is 4.49. The van der Waals surface area contributed by atoms with Gasteiger partial charge >= 0.3 is 0 Å². The van der Waals surface area contributed by atoms with Gasteiger partial charge in [0.05, 0.1) is 5.02 Å². The molecule has 3 nitrogen and oxygen atoms in total. The maximum absolute atomic E-state index is 11.5. The van der Waals surface area contributed by atoms with Gasteiger partial charge in [0.25, 0.3) is 5.56 Å². The summed E-state index contributed by atoms with van der Waals surface area (Å²) in [5.74, 6) is 0. The number of nitrogens with zero attached hydrogens (tertiary/aromatic N) is 2. The number of aryl methyl sites for hydroxylation is 1. The fourth-order valence-electron chi connectivity index (χ4n) is 1.49. The molecule has 0 saturated heterocycles. The highest BCUT2D eigenvalue weighted by molar-refractivity contribution is 6.32. The molecule has 2 rings (SSSR count). The molecule has 16 heavy (non-hydrogen) atoms. The number of rotatable bonds is 2. The molecule has 0 aliphatic carbocycles. The number of halogens is 1. The van der Waals surface area contributed by atoms with Crippen LogP contribution in [0.5, 0.6) is 0 Å². The van der Waals surface area contributed by atoms with Gasteiger partial charge in [-0.15, -0.1) is 0 Å². The lowest BCUT2D eigenvalue weighted by molar-refractivity contribution is 0.619. The molecule has 0 fully saturated rings. The number of aromatic nitrogens is 2. The van der Waals surface area contributed by atoms with Crippen molar-refractivity contribution in [3.8, 4) is 11.3 Å². The minimum Gasteiger partial charge on any atom is -0.268 e. The zero-order chi connectivity index (χ0) is 11.5. The van der Waals surface area contributed by atoms with Gasteiger partial charge in [0.2, 0.25) is 0 Å². The fraction of sp³-hybridized carbons (Fsp3) is 0.167. The molecule has 0 aliphatic rings. The summed E-state index contributed by atoms with van der Waals surface area (Å²) in [5, 5.41) is 4.62. The standard InChI is InChI=1S/C12H11ClN2O/c1-2-15-11(16)8-10(13)12(14-15)9-6-4-3-5-7-9/h3-8H,2H2,1H3. The van der Waals surface area contributed by atoms with E-state index in [1.807, 2.05) is 37.3 Å². The van der Waals surface area contributed by atoms with Gasteiger partial charge in [-0.1, -0.05) is 41.9 Å². The molecular formula is C12H11ClN2O. The van der Waals surface area contributed by atoms with E-state index in [2.05, 4.69) is 5.10 Å². The Morgan fingerprint density at radius 2 is 2.00 bits per heavy atom. The van der Waals surface area contributed by atoms with Crippen LogP contribution in [0.1, 0.15) is 6.92 Å². The molecule has 0 aliphatic heterocycles. The first-order chi connectivity index (χ1) is 7.72. The van der Waals surface area contributed by atoms with Crippen molar-refractivity contribution < 1.29 is 0 Å². The van der Waals surface area contributed by atoms with E-state index in [9.17, 15) is 4.79 Å². The van der Waals surface area contributed by atoms with Crippen molar-refractivity contribution in [2.24, 2.45) is 0 Å². The first kappa shape index (κ1) is 10.9. The lowest BCUT2D eigenvalue weighted by Crippen LogP contribution is -2.21. The third kappa shape index (κ3) is 1.99. The van der Waals surface area contributed by atoms with Crippen LogP contribution in [0.3, 0.4) is 0 Å². The molecule has 0 atom stereocenters. The summed E-state index contributed by atoms with van der Waals surface area (Å²) in [6.07, 6.45) is 0. The van der Waals surface area contributed by atoms with Crippen LogP contribution in [0, 0.1) is 0 Å². The monoisotopic (exact) mass is 234 g/mol. The zero-order valence-corrected chi connectivity index (χ0v) is 9.61. The molecule has 1 aromatic carbocycles. The lowest BCUT2D eigenvalue weighted by atomic mass is 10.1. The summed E-state index contributed by atoms with van der Waals surface area (Å²) < 4.78 is 1.40. The Bertz CT molecular complexity index is 549. The summed E-state index contributed by atoms with van der Waals surface area (Å²) in [5.41, 5.74) is 1.38. The van der Waals surface area contributed by atoms with Gasteiger partial charge in [-0.25, -0.2) is 4.68 Å². The van der Waals surface area contributed by atoms with Crippen molar-refractivity contribution in [3.63, 3.8) is 0 Å². The van der Waals surface area contributed by atoms with Gasteiger partial charge < -0.3 is 0 Å². The second-order valence-corrected chi connectivity index (χ2v) is 3.77. The average Bonchev–Trinajstić information content (AvgIpc) is 2.30. The first-order valence-corrected chi connectivity index (χ1v) is 5.43. The molecule has 0 saturated carbocycles. The summed E-state index contributed by atoms with van der Waals surface area (Å²) in [7, 11) is 0. The number of hydrogen-bond donors (Lipinski definition) is 0. The number of benzene rings is 1. The van der Waals surface area contributed by atoms with Gasteiger partial charge in [-0.05, 0) is 6.92 Å². The van der Waals surface area contributed by atoms with E-state index in [1.165, 1.54) is 10.7 Å². The van der Waals surface area contributed by atoms with Gasteiger partial charge in [0.1, 0.15) is 5.69 Å². The summed E-state index contributed by atoms with van der Waals surface area (Å²) in [6.45, 7) is 2.41. The maximum atomic E-state index is 11.5. The molecule has 1 aromatic heterocycles. The summed E-state index contributed by atoms with van der Waals surface area (Å²) >= 11 is 6.02. The highest BCUT2D eigenvalue weighted by atomic mass is 35.5. The topological polar surface area (TPSA) is 34.9 Å². The van der Waals surface area contributed by atoms with Gasteiger partial charge in [-0.2, -0.15) is 5.10 Å². The first-order valence-electron chi connectivity index (χ1n) is 5.05. The minimum atomic E-state index is -0.174. The van der Waals surface area contributed by atoms with Gasteiger partial charge in [-0.3, -0.25) is 4.79 Å². The Morgan fingerprint density at radius 3 is 2.62 bits per heavy atom. The third-order valence-electron chi connectivity index (χ3n) is 2.30. The van der Waals surface area contributed by atoms with E-state index in [0.29, 0.717) is 17.3 Å². The molecule has 0 bridgehead atoms. The van der Waals surface area contributed by atoms with Crippen LogP contribution in [-0.4, -0.2) is 9.78 Å². The maximum Gasteiger partial charge on any atom is 0.268 e. The second-order valence-electron chi connectivity index (χ2n) is 3.36. The van der Waals surface area contributed by atoms with Crippen LogP contribution in [0.25, 0.3) is 11.3 Å². The summed E-state index contributed by atoms with van der Waals surface area (Å²) in [6, 6.07) is 11.0. The summed E-state index contributed by atoms with van der Waals surface area (Å²) in [4.78, 5) is 11.5. The van der Waals surface area contributed by atoms with Crippen molar-refractivity contribution in [2.75, 3.05) is 0 Å². The van der Waals surface area contributed by atoms with Crippen molar-refractivity contribution >= 4 is 11.6 Å². The molecule has 0 spiro atoms. The molecule has 0 radical (unpaired) electrons. The highest BCUT2D eigenvalue weighted by Gasteiger charge is 2.07. The third-order valence-corrected chi connectivity index (χ3v) is 2.59. The largest absolute Gasteiger partial charge is 0.268 e. The van der Waals surface area contributed by atoms with Crippen molar-refractivity contribution in [2.45, 2.75) is 13.5 Å². The van der Waals surface area contributed by atoms with Crippen LogP contribution in [-0.2, 0) is 6.54 Å². The molecule has 1 heterocycles. The van der Waals surface area contributed by atoms with Crippen LogP contribution >= 0.6 is 11.6 Å². The van der Waals surface area contributed by atoms with Crippen LogP contribution < -0.4 is 5.56 Å². The highest BCUT2D eigenvalue weighted by Crippen LogP contribution is 2.23. The predicted molar refractivity (Wildman–Crippen MR) is 64.6 cm³/mol. The van der Waals surface area contributed by atoms with Crippen molar-refractivity contribution in [1.82, 2.24) is 9.78 Å². The molecule has 82 valence electrons. The molecule has 4 heteroatoms. The van der Waals surface area contributed by atoms with E-state index >= 15 is 0 Å². The van der Waals surface area contributed by atoms with E-state index in [0.717, 1.165) is 5.56 Å². The average molecular weight is 235 g/mol. The van der Waals surface area contributed by atoms with E-state index in [-0.39, 0.29) is 5.56 Å². The minimum absolute atomic E-state index is 0.174. The Balaban J connectivity index is 2.62. The smallest absolute Gasteiger partial charge is 0.268 e. The Morgan fingerprint density at radius 1 is 1.31 bits per heavy atom. The fourth-order valence-corrected chi connectivity index (χ4v) is 1.73. The Labute approximate surface area is 98.3 Å². The van der Waals surface area contributed by atoms with Crippen LogP contribution in [0.4, 0.5) is 0 Å². The quantitative estimate of drug-likeness (QED) is 0.801. The number of hydrogen-bond acceptors (Lipinski definition) is 2. The molecule has 0 N–H and O–H groups in total. The van der Waals surface area contributed by atoms with E-state index in [4.69, 9.17) is 11.6 Å². The van der Waals surface area contributed by atoms with Gasteiger partial charge in [0.15, 0.2) is 0 Å². The van der Waals surface area contributed by atoms with Crippen molar-refractivity contribution in [3.05, 3.63) is 51.8 Å². The predicted octanol–water partition coefficient (Wildman–Crippen LogP) is 2.58. The SMILES string of the molecule is CCn1nc(-c2ccccc2)c(Cl)cc1=O. The zero-order valence-electron chi connectivity index (χ0n) is 8.85.